The predicted molar refractivity (Wildman–Crippen MR) is 56.2 cm³/mol. The van der Waals surface area contributed by atoms with Crippen LogP contribution in [0.25, 0.3) is 0 Å². The van der Waals surface area contributed by atoms with E-state index in [9.17, 15) is 23.1 Å². The molecule has 0 bridgehead atoms. The lowest BCUT2D eigenvalue weighted by atomic mass is 10.1. The molecule has 0 aliphatic carbocycles. The van der Waals surface area contributed by atoms with Gasteiger partial charge in [-0.15, -0.1) is 0 Å². The summed E-state index contributed by atoms with van der Waals surface area (Å²) in [7, 11) is 1.13. The molecule has 0 aliphatic heterocycles. The summed E-state index contributed by atoms with van der Waals surface area (Å²) >= 11 is 0. The number of ether oxygens (including phenoxy) is 1. The molecule has 0 amide bonds. The molecule has 3 nitrogen and oxygen atoms in total. The fraction of sp³-hybridized carbons (Fsp3) is 0.250. The fourth-order valence-electron chi connectivity index (χ4n) is 1.12. The van der Waals surface area contributed by atoms with Gasteiger partial charge in [-0.3, -0.25) is 0 Å². The van der Waals surface area contributed by atoms with Crippen LogP contribution in [0.4, 0.5) is 13.2 Å². The average molecular weight is 258 g/mol. The third-order valence-corrected chi connectivity index (χ3v) is 2.05. The highest BCUT2D eigenvalue weighted by Gasteiger charge is 2.30. The quantitative estimate of drug-likeness (QED) is 0.475. The molecular formula is C12H9F3O3. The summed E-state index contributed by atoms with van der Waals surface area (Å²) in [5, 5.41) is 9.50. The maximum atomic E-state index is 12.3. The van der Waals surface area contributed by atoms with E-state index in [1.807, 2.05) is 5.92 Å². The topological polar surface area (TPSA) is 46.5 Å². The van der Waals surface area contributed by atoms with Crippen LogP contribution in [-0.2, 0) is 15.7 Å². The normalized spacial score (nSPS) is 12.3. The van der Waals surface area contributed by atoms with Crippen molar-refractivity contribution >= 4 is 5.97 Å². The molecule has 96 valence electrons. The number of alkyl halides is 3. The van der Waals surface area contributed by atoms with Crippen LogP contribution in [0.5, 0.6) is 0 Å². The first-order chi connectivity index (χ1) is 8.34. The summed E-state index contributed by atoms with van der Waals surface area (Å²) < 4.78 is 41.0. The average Bonchev–Trinajstić information content (AvgIpc) is 2.34. The highest BCUT2D eigenvalue weighted by atomic mass is 19.4. The van der Waals surface area contributed by atoms with Gasteiger partial charge >= 0.3 is 12.1 Å². The highest BCUT2D eigenvalue weighted by molar-refractivity contribution is 5.88. The second-order valence-corrected chi connectivity index (χ2v) is 3.28. The van der Waals surface area contributed by atoms with Crippen LogP contribution >= 0.6 is 0 Å². The Kier molecular flexibility index (Phi) is 4.34. The van der Waals surface area contributed by atoms with E-state index in [1.165, 1.54) is 0 Å². The number of hydrogen-bond donors (Lipinski definition) is 1. The predicted octanol–water partition coefficient (Wildman–Crippen LogP) is 1.92. The molecule has 0 aromatic heterocycles. The van der Waals surface area contributed by atoms with Gasteiger partial charge in [0, 0.05) is 5.92 Å². The Morgan fingerprint density at radius 1 is 1.33 bits per heavy atom. The maximum absolute atomic E-state index is 12.3. The molecule has 0 saturated heterocycles. The van der Waals surface area contributed by atoms with Gasteiger partial charge in [0.2, 0.25) is 0 Å². The third kappa shape index (κ3) is 3.79. The van der Waals surface area contributed by atoms with Crippen molar-refractivity contribution < 1.29 is 27.8 Å². The van der Waals surface area contributed by atoms with Crippen molar-refractivity contribution in [3.63, 3.8) is 0 Å². The molecule has 1 N–H and O–H groups in total. The number of halogens is 3. The number of hydrogen-bond acceptors (Lipinski definition) is 3. The van der Waals surface area contributed by atoms with E-state index < -0.39 is 23.8 Å². The van der Waals surface area contributed by atoms with Crippen LogP contribution < -0.4 is 0 Å². The summed E-state index contributed by atoms with van der Waals surface area (Å²) in [4.78, 5) is 10.7. The number of methoxy groups -OCH3 is 1. The van der Waals surface area contributed by atoms with Gasteiger partial charge in [-0.25, -0.2) is 4.79 Å². The Bertz CT molecular complexity index is 480. The molecule has 0 fully saturated rings. The fourth-order valence-corrected chi connectivity index (χ4v) is 1.12. The minimum atomic E-state index is -4.43. The zero-order chi connectivity index (χ0) is 13.8. The van der Waals surface area contributed by atoms with Gasteiger partial charge in [-0.1, -0.05) is 18.1 Å². The number of aliphatic hydroxyl groups is 1. The maximum Gasteiger partial charge on any atom is 0.416 e. The van der Waals surface area contributed by atoms with E-state index in [2.05, 4.69) is 10.7 Å². The molecule has 6 heteroatoms. The first-order valence-corrected chi connectivity index (χ1v) is 4.79. The van der Waals surface area contributed by atoms with E-state index >= 15 is 0 Å². The standard InChI is InChI=1S/C12H9F3O3/c1-18-11(17)7-6-10(16)8-2-4-9(5-3-8)12(13,14)15/h2-5,10,16H,1H3. The highest BCUT2D eigenvalue weighted by Crippen LogP contribution is 2.29. The molecular weight excluding hydrogens is 249 g/mol. The number of rotatable bonds is 1. The lowest BCUT2D eigenvalue weighted by Crippen LogP contribution is -2.05. The molecule has 0 heterocycles. The van der Waals surface area contributed by atoms with Crippen LogP contribution in [0.3, 0.4) is 0 Å². The molecule has 1 unspecified atom stereocenters. The van der Waals surface area contributed by atoms with Gasteiger partial charge in [0.15, 0.2) is 0 Å². The number of esters is 1. The molecule has 1 aromatic carbocycles. The Labute approximate surface area is 101 Å². The van der Waals surface area contributed by atoms with E-state index in [0.29, 0.717) is 0 Å². The second kappa shape index (κ2) is 5.56. The molecule has 0 saturated carbocycles. The van der Waals surface area contributed by atoms with Crippen molar-refractivity contribution in [1.82, 2.24) is 0 Å². The first-order valence-electron chi connectivity index (χ1n) is 4.79. The molecule has 0 aliphatic rings. The lowest BCUT2D eigenvalue weighted by molar-refractivity contribution is -0.137. The molecule has 1 rings (SSSR count). The van der Waals surface area contributed by atoms with Crippen molar-refractivity contribution in [3.05, 3.63) is 35.4 Å². The lowest BCUT2D eigenvalue weighted by Gasteiger charge is -2.08. The zero-order valence-electron chi connectivity index (χ0n) is 9.28. The van der Waals surface area contributed by atoms with Crippen LogP contribution in [0.15, 0.2) is 24.3 Å². The number of carbonyl (C=O) groups is 1. The number of aliphatic hydroxyl groups excluding tert-OH is 1. The summed E-state index contributed by atoms with van der Waals surface area (Å²) in [6, 6.07) is 3.86. The minimum absolute atomic E-state index is 0.166. The van der Waals surface area contributed by atoms with Gasteiger partial charge in [-0.2, -0.15) is 13.2 Å². The van der Waals surface area contributed by atoms with Crippen LogP contribution in [0.2, 0.25) is 0 Å². The monoisotopic (exact) mass is 258 g/mol. The van der Waals surface area contributed by atoms with Crippen molar-refractivity contribution in [2.75, 3.05) is 7.11 Å². The van der Waals surface area contributed by atoms with E-state index in [1.54, 1.807) is 0 Å². The van der Waals surface area contributed by atoms with Crippen molar-refractivity contribution in [2.45, 2.75) is 12.3 Å². The van der Waals surface area contributed by atoms with E-state index in [0.717, 1.165) is 31.4 Å². The van der Waals surface area contributed by atoms with Gasteiger partial charge in [0.1, 0.15) is 6.10 Å². The second-order valence-electron chi connectivity index (χ2n) is 3.28. The van der Waals surface area contributed by atoms with Crippen molar-refractivity contribution in [3.8, 4) is 11.8 Å². The van der Waals surface area contributed by atoms with Gasteiger partial charge in [0.05, 0.1) is 12.7 Å². The molecule has 0 radical (unpaired) electrons. The minimum Gasteiger partial charge on any atom is -0.459 e. The largest absolute Gasteiger partial charge is 0.459 e. The Balaban J connectivity index is 2.85. The van der Waals surface area contributed by atoms with Crippen molar-refractivity contribution in [2.24, 2.45) is 0 Å². The van der Waals surface area contributed by atoms with E-state index in [4.69, 9.17) is 0 Å². The first kappa shape index (κ1) is 14.1. The van der Waals surface area contributed by atoms with Gasteiger partial charge in [0.25, 0.3) is 0 Å². The Morgan fingerprint density at radius 3 is 2.33 bits per heavy atom. The van der Waals surface area contributed by atoms with E-state index in [-0.39, 0.29) is 5.56 Å². The molecule has 1 aromatic rings. The number of carbonyl (C=O) groups excluding carboxylic acids is 1. The van der Waals surface area contributed by atoms with Crippen molar-refractivity contribution in [1.29, 1.82) is 0 Å². The van der Waals surface area contributed by atoms with Crippen LogP contribution in [0.1, 0.15) is 17.2 Å². The smallest absolute Gasteiger partial charge is 0.416 e. The van der Waals surface area contributed by atoms with Gasteiger partial charge < -0.3 is 9.84 Å². The van der Waals surface area contributed by atoms with Gasteiger partial charge in [-0.05, 0) is 17.7 Å². The Morgan fingerprint density at radius 2 is 1.89 bits per heavy atom. The SMILES string of the molecule is COC(=O)C#CC(O)c1ccc(C(F)(F)F)cc1. The number of benzene rings is 1. The summed E-state index contributed by atoms with van der Waals surface area (Å²) in [6.45, 7) is 0. The summed E-state index contributed by atoms with van der Waals surface area (Å²) in [5.74, 6) is 3.32. The van der Waals surface area contributed by atoms with Crippen LogP contribution in [0, 0.1) is 11.8 Å². The Hall–Kier alpha value is -2.00. The third-order valence-electron chi connectivity index (χ3n) is 2.05. The molecule has 18 heavy (non-hydrogen) atoms. The van der Waals surface area contributed by atoms with Crippen LogP contribution in [-0.4, -0.2) is 18.2 Å². The summed E-state index contributed by atoms with van der Waals surface area (Å²) in [5.41, 5.74) is -0.654. The molecule has 0 spiro atoms. The molecule has 1 atom stereocenters. The zero-order valence-corrected chi connectivity index (χ0v) is 9.28. The summed E-state index contributed by atoms with van der Waals surface area (Å²) in [6.07, 6.45) is -5.77.